The number of carbonyl (C=O) groups is 1. The number of rotatable bonds is 7. The number of nitrogens with one attached hydrogen (secondary N) is 1. The first kappa shape index (κ1) is 22.0. The predicted octanol–water partition coefficient (Wildman–Crippen LogP) is 3.17. The first-order valence-electron chi connectivity index (χ1n) is 9.59. The van der Waals surface area contributed by atoms with Crippen molar-refractivity contribution in [3.63, 3.8) is 0 Å². The second-order valence-corrected chi connectivity index (χ2v) is 11.4. The number of aryl methyl sites for hydroxylation is 2. The SMILES string of the molecule is COc1ccc(NC(=O)CSc2ncnc3sc4c(c23)CCC4)cc1S(=O)(=O)N(C)C. The number of amides is 1. The topological polar surface area (TPSA) is 101 Å². The Kier molecular flexibility index (Phi) is 6.20. The van der Waals surface area contributed by atoms with Crippen molar-refractivity contribution in [3.05, 3.63) is 35.0 Å². The van der Waals surface area contributed by atoms with Gasteiger partial charge in [0.2, 0.25) is 15.9 Å². The second-order valence-electron chi connectivity index (χ2n) is 7.21. The molecular weight excluding hydrogens is 456 g/mol. The van der Waals surface area contributed by atoms with Gasteiger partial charge >= 0.3 is 0 Å². The summed E-state index contributed by atoms with van der Waals surface area (Å²) in [5, 5.41) is 4.65. The third kappa shape index (κ3) is 4.27. The predicted molar refractivity (Wildman–Crippen MR) is 123 cm³/mol. The summed E-state index contributed by atoms with van der Waals surface area (Å²) in [4.78, 5) is 23.7. The van der Waals surface area contributed by atoms with Crippen LogP contribution in [-0.2, 0) is 27.7 Å². The largest absolute Gasteiger partial charge is 0.495 e. The van der Waals surface area contributed by atoms with E-state index in [0.717, 1.165) is 38.8 Å². The van der Waals surface area contributed by atoms with Crippen molar-refractivity contribution in [2.45, 2.75) is 29.2 Å². The van der Waals surface area contributed by atoms with Crippen LogP contribution in [0.4, 0.5) is 5.69 Å². The van der Waals surface area contributed by atoms with E-state index in [1.165, 1.54) is 61.9 Å². The van der Waals surface area contributed by atoms with Crippen LogP contribution in [-0.4, -0.2) is 55.6 Å². The van der Waals surface area contributed by atoms with Gasteiger partial charge < -0.3 is 10.1 Å². The lowest BCUT2D eigenvalue weighted by atomic mass is 10.2. The molecule has 4 rings (SSSR count). The molecule has 0 saturated heterocycles. The van der Waals surface area contributed by atoms with Crippen LogP contribution in [0.15, 0.2) is 34.4 Å². The van der Waals surface area contributed by atoms with Gasteiger partial charge in [-0.05, 0) is 43.0 Å². The summed E-state index contributed by atoms with van der Waals surface area (Å²) in [6.07, 6.45) is 4.79. The van der Waals surface area contributed by atoms with Crippen molar-refractivity contribution in [1.29, 1.82) is 0 Å². The van der Waals surface area contributed by atoms with Crippen LogP contribution in [0, 0.1) is 0 Å². The van der Waals surface area contributed by atoms with Crippen LogP contribution in [0.25, 0.3) is 10.2 Å². The molecule has 0 saturated carbocycles. The Hall–Kier alpha value is -2.21. The number of methoxy groups -OCH3 is 1. The minimum absolute atomic E-state index is 0.00296. The molecule has 8 nitrogen and oxygen atoms in total. The normalized spacial score (nSPS) is 13.5. The highest BCUT2D eigenvalue weighted by molar-refractivity contribution is 8.00. The molecule has 1 aliphatic rings. The summed E-state index contributed by atoms with van der Waals surface area (Å²) < 4.78 is 31.4. The van der Waals surface area contributed by atoms with Crippen LogP contribution >= 0.6 is 23.1 Å². The number of ether oxygens (including phenoxy) is 1. The molecule has 0 unspecified atom stereocenters. The molecule has 3 aromatic rings. The van der Waals surface area contributed by atoms with Crippen molar-refractivity contribution in [2.75, 3.05) is 32.3 Å². The number of aromatic nitrogens is 2. The van der Waals surface area contributed by atoms with E-state index in [2.05, 4.69) is 15.3 Å². The number of thioether (sulfide) groups is 1. The zero-order valence-corrected chi connectivity index (χ0v) is 19.8. The van der Waals surface area contributed by atoms with E-state index in [1.807, 2.05) is 0 Å². The van der Waals surface area contributed by atoms with E-state index < -0.39 is 10.0 Å². The van der Waals surface area contributed by atoms with Crippen molar-refractivity contribution >= 4 is 54.9 Å². The summed E-state index contributed by atoms with van der Waals surface area (Å²) in [5.74, 6) is 0.121. The van der Waals surface area contributed by atoms with Gasteiger partial charge in [-0.25, -0.2) is 22.7 Å². The molecule has 0 spiro atoms. The Morgan fingerprint density at radius 2 is 2.10 bits per heavy atom. The number of thiophene rings is 1. The molecule has 0 radical (unpaired) electrons. The highest BCUT2D eigenvalue weighted by Crippen LogP contribution is 2.40. The van der Waals surface area contributed by atoms with E-state index >= 15 is 0 Å². The lowest BCUT2D eigenvalue weighted by molar-refractivity contribution is -0.113. The van der Waals surface area contributed by atoms with Crippen LogP contribution in [0.2, 0.25) is 0 Å². The van der Waals surface area contributed by atoms with E-state index in [9.17, 15) is 13.2 Å². The van der Waals surface area contributed by atoms with Crippen LogP contribution < -0.4 is 10.1 Å². The minimum atomic E-state index is -3.72. The zero-order valence-electron chi connectivity index (χ0n) is 17.3. The molecule has 2 heterocycles. The van der Waals surface area contributed by atoms with E-state index in [1.54, 1.807) is 17.4 Å². The van der Waals surface area contributed by atoms with Crippen LogP contribution in [0.5, 0.6) is 5.75 Å². The summed E-state index contributed by atoms with van der Waals surface area (Å²) in [6.45, 7) is 0. The number of fused-ring (bicyclic) bond motifs is 3. The third-order valence-corrected chi connectivity index (χ3v) is 9.04. The molecule has 31 heavy (non-hydrogen) atoms. The Morgan fingerprint density at radius 1 is 1.29 bits per heavy atom. The average molecular weight is 479 g/mol. The third-order valence-electron chi connectivity index (χ3n) is 5.01. The minimum Gasteiger partial charge on any atom is -0.495 e. The van der Waals surface area contributed by atoms with Gasteiger partial charge in [0.1, 0.15) is 26.8 Å². The number of hydrogen-bond donors (Lipinski definition) is 1. The number of carbonyl (C=O) groups excluding carboxylic acids is 1. The average Bonchev–Trinajstić information content (AvgIpc) is 3.33. The number of anilines is 1. The Labute approximate surface area is 189 Å². The summed E-state index contributed by atoms with van der Waals surface area (Å²) in [7, 11) is 0.574. The molecule has 0 aliphatic heterocycles. The van der Waals surface area contributed by atoms with E-state index in [4.69, 9.17) is 4.74 Å². The summed E-state index contributed by atoms with van der Waals surface area (Å²) in [5.41, 5.74) is 1.70. The number of benzene rings is 1. The molecule has 1 aliphatic carbocycles. The van der Waals surface area contributed by atoms with Gasteiger partial charge in [-0.3, -0.25) is 4.79 Å². The number of nitrogens with zero attached hydrogens (tertiary/aromatic N) is 3. The lowest BCUT2D eigenvalue weighted by Crippen LogP contribution is -2.23. The highest BCUT2D eigenvalue weighted by atomic mass is 32.2. The fourth-order valence-electron chi connectivity index (χ4n) is 3.49. The second kappa shape index (κ2) is 8.73. The van der Waals surface area contributed by atoms with Gasteiger partial charge in [0.25, 0.3) is 0 Å². The Morgan fingerprint density at radius 3 is 2.84 bits per heavy atom. The molecule has 1 amide bonds. The van der Waals surface area contributed by atoms with Crippen LogP contribution in [0.3, 0.4) is 0 Å². The van der Waals surface area contributed by atoms with Crippen molar-refractivity contribution in [2.24, 2.45) is 0 Å². The molecule has 1 aromatic carbocycles. The summed E-state index contributed by atoms with van der Waals surface area (Å²) >= 11 is 3.07. The fourth-order valence-corrected chi connectivity index (χ4v) is 6.69. The maximum absolute atomic E-state index is 12.6. The van der Waals surface area contributed by atoms with E-state index in [0.29, 0.717) is 5.69 Å². The fraction of sp³-hybridized carbons (Fsp3) is 0.350. The Balaban J connectivity index is 1.51. The lowest BCUT2D eigenvalue weighted by Gasteiger charge is -2.16. The molecule has 11 heteroatoms. The van der Waals surface area contributed by atoms with Gasteiger partial charge in [-0.2, -0.15) is 0 Å². The monoisotopic (exact) mass is 478 g/mol. The standard InChI is InChI=1S/C20H22N4O4S3/c1-24(2)31(26,27)16-9-12(7-8-14(16)28-3)23-17(25)10-29-19-18-13-5-4-6-15(13)30-20(18)22-11-21-19/h7-9,11H,4-6,10H2,1-3H3,(H,23,25). The highest BCUT2D eigenvalue weighted by Gasteiger charge is 2.24. The van der Waals surface area contributed by atoms with Gasteiger partial charge in [0.15, 0.2) is 0 Å². The smallest absolute Gasteiger partial charge is 0.246 e. The van der Waals surface area contributed by atoms with Gasteiger partial charge in [-0.1, -0.05) is 11.8 Å². The van der Waals surface area contributed by atoms with Gasteiger partial charge in [0, 0.05) is 30.0 Å². The molecule has 0 atom stereocenters. The first-order chi connectivity index (χ1) is 14.8. The quantitative estimate of drug-likeness (QED) is 0.411. The van der Waals surface area contributed by atoms with Crippen molar-refractivity contribution in [1.82, 2.24) is 14.3 Å². The molecule has 2 aromatic heterocycles. The Bertz CT molecular complexity index is 1250. The van der Waals surface area contributed by atoms with Gasteiger partial charge in [-0.15, -0.1) is 11.3 Å². The molecule has 0 fully saturated rings. The first-order valence-corrected chi connectivity index (χ1v) is 12.8. The maximum atomic E-state index is 12.6. The van der Waals surface area contributed by atoms with Gasteiger partial charge in [0.05, 0.1) is 12.9 Å². The zero-order chi connectivity index (χ0) is 22.2. The van der Waals surface area contributed by atoms with E-state index in [-0.39, 0.29) is 22.3 Å². The number of sulfonamides is 1. The molecule has 164 valence electrons. The van der Waals surface area contributed by atoms with Crippen molar-refractivity contribution in [3.8, 4) is 5.75 Å². The molecule has 0 bridgehead atoms. The summed E-state index contributed by atoms with van der Waals surface area (Å²) in [6, 6.07) is 4.55. The molecule has 1 N–H and O–H groups in total. The van der Waals surface area contributed by atoms with Crippen LogP contribution in [0.1, 0.15) is 16.9 Å². The maximum Gasteiger partial charge on any atom is 0.246 e. The van der Waals surface area contributed by atoms with Crippen molar-refractivity contribution < 1.29 is 17.9 Å². The number of hydrogen-bond acceptors (Lipinski definition) is 8. The molecular formula is C20H22N4O4S3.